The van der Waals surface area contributed by atoms with Gasteiger partial charge in [-0.1, -0.05) is 28.1 Å². The Morgan fingerprint density at radius 1 is 1.03 bits per heavy atom. The minimum absolute atomic E-state index is 0.0512. The molecule has 7 nitrogen and oxygen atoms in total. The van der Waals surface area contributed by atoms with Gasteiger partial charge in [-0.15, -0.1) is 0 Å². The molecule has 2 rings (SSSR count). The number of halogens is 2. The Kier molecular flexibility index (Phi) is 8.30. The molecule has 0 spiro atoms. The van der Waals surface area contributed by atoms with Crippen LogP contribution in [0.3, 0.4) is 0 Å². The highest BCUT2D eigenvalue weighted by Gasteiger charge is 2.14. The van der Waals surface area contributed by atoms with Crippen molar-refractivity contribution in [3.63, 3.8) is 0 Å². The highest BCUT2D eigenvalue weighted by Crippen LogP contribution is 2.15. The quantitative estimate of drug-likeness (QED) is 0.473. The maximum atomic E-state index is 13.5. The summed E-state index contributed by atoms with van der Waals surface area (Å²) in [4.78, 5) is 23.8. The van der Waals surface area contributed by atoms with Gasteiger partial charge in [-0.3, -0.25) is 9.59 Å². The van der Waals surface area contributed by atoms with Gasteiger partial charge < -0.3 is 10.6 Å². The van der Waals surface area contributed by atoms with Crippen LogP contribution in [0.15, 0.2) is 51.8 Å². The van der Waals surface area contributed by atoms with Crippen LogP contribution in [0.4, 0.5) is 4.39 Å². The van der Waals surface area contributed by atoms with Gasteiger partial charge in [0.25, 0.3) is 5.91 Å². The molecule has 0 aliphatic carbocycles. The van der Waals surface area contributed by atoms with Crippen molar-refractivity contribution in [3.05, 3.63) is 63.9 Å². The standard InChI is InChI=1S/C19H21BrFN3O4S/c1-13-5-6-14(11-17(13)21)19(26)23-10-9-22-18(25)7-8-24-29(27,28)16-4-2-3-15(20)12-16/h2-6,11-12,24H,7-10H2,1H3,(H,22,25)(H,23,26). The summed E-state index contributed by atoms with van der Waals surface area (Å²) in [5.41, 5.74) is 0.644. The first-order valence-corrected chi connectivity index (χ1v) is 11.0. The summed E-state index contributed by atoms with van der Waals surface area (Å²) in [6, 6.07) is 10.4. The second-order valence-corrected chi connectivity index (χ2v) is 8.86. The van der Waals surface area contributed by atoms with Crippen molar-refractivity contribution in [1.82, 2.24) is 15.4 Å². The van der Waals surface area contributed by atoms with Crippen LogP contribution < -0.4 is 15.4 Å². The van der Waals surface area contributed by atoms with Crippen LogP contribution in [0.2, 0.25) is 0 Å². The van der Waals surface area contributed by atoms with Crippen molar-refractivity contribution < 1.29 is 22.4 Å². The van der Waals surface area contributed by atoms with E-state index in [1.54, 1.807) is 19.1 Å². The molecular formula is C19H21BrFN3O4S. The Hall–Kier alpha value is -2.30. The van der Waals surface area contributed by atoms with Gasteiger partial charge in [0.2, 0.25) is 15.9 Å². The van der Waals surface area contributed by atoms with Crippen LogP contribution in [0, 0.1) is 12.7 Å². The molecule has 0 saturated heterocycles. The minimum atomic E-state index is -3.70. The maximum Gasteiger partial charge on any atom is 0.251 e. The predicted molar refractivity (Wildman–Crippen MR) is 110 cm³/mol. The number of amides is 2. The lowest BCUT2D eigenvalue weighted by atomic mass is 10.1. The molecule has 0 aromatic heterocycles. The van der Waals surface area contributed by atoms with Gasteiger partial charge in [-0.25, -0.2) is 17.5 Å². The molecule has 0 unspecified atom stereocenters. The number of benzene rings is 2. The lowest BCUT2D eigenvalue weighted by Crippen LogP contribution is -2.36. The number of hydrogen-bond acceptors (Lipinski definition) is 4. The van der Waals surface area contributed by atoms with Crippen LogP contribution in [-0.4, -0.2) is 39.9 Å². The third-order valence-electron chi connectivity index (χ3n) is 3.92. The van der Waals surface area contributed by atoms with Crippen molar-refractivity contribution in [2.75, 3.05) is 19.6 Å². The van der Waals surface area contributed by atoms with Gasteiger partial charge in [0.15, 0.2) is 0 Å². The third-order valence-corrected chi connectivity index (χ3v) is 5.87. The van der Waals surface area contributed by atoms with E-state index in [1.165, 1.54) is 24.3 Å². The number of rotatable bonds is 9. The van der Waals surface area contributed by atoms with Gasteiger partial charge in [0.1, 0.15) is 5.82 Å². The first-order valence-electron chi connectivity index (χ1n) is 8.75. The topological polar surface area (TPSA) is 104 Å². The molecule has 156 valence electrons. The Morgan fingerprint density at radius 2 is 1.76 bits per heavy atom. The van der Waals surface area contributed by atoms with Gasteiger partial charge >= 0.3 is 0 Å². The van der Waals surface area contributed by atoms with E-state index in [4.69, 9.17) is 0 Å². The number of nitrogens with one attached hydrogen (secondary N) is 3. The molecule has 2 aromatic carbocycles. The summed E-state index contributed by atoms with van der Waals surface area (Å²) >= 11 is 3.21. The number of carbonyl (C=O) groups excluding carboxylic acids is 2. The highest BCUT2D eigenvalue weighted by molar-refractivity contribution is 9.10. The Morgan fingerprint density at radius 3 is 2.45 bits per heavy atom. The Bertz CT molecular complexity index is 999. The molecule has 3 N–H and O–H groups in total. The zero-order valence-electron chi connectivity index (χ0n) is 15.7. The van der Waals surface area contributed by atoms with E-state index < -0.39 is 21.7 Å². The van der Waals surface area contributed by atoms with Gasteiger partial charge in [0, 0.05) is 36.1 Å². The molecule has 0 radical (unpaired) electrons. The normalized spacial score (nSPS) is 11.1. The van der Waals surface area contributed by atoms with Crippen LogP contribution in [0.5, 0.6) is 0 Å². The second-order valence-electron chi connectivity index (χ2n) is 6.17. The monoisotopic (exact) mass is 485 g/mol. The molecule has 0 aliphatic heterocycles. The van der Waals surface area contributed by atoms with Gasteiger partial charge in [-0.05, 0) is 42.8 Å². The second kappa shape index (κ2) is 10.5. The first-order chi connectivity index (χ1) is 13.7. The number of aryl methyl sites for hydroxylation is 1. The molecule has 2 aromatic rings. The Balaban J connectivity index is 1.68. The van der Waals surface area contributed by atoms with E-state index in [2.05, 4.69) is 31.3 Å². The lowest BCUT2D eigenvalue weighted by Gasteiger charge is -2.09. The molecule has 0 aliphatic rings. The van der Waals surface area contributed by atoms with Crippen molar-refractivity contribution in [2.45, 2.75) is 18.2 Å². The van der Waals surface area contributed by atoms with Crippen molar-refractivity contribution >= 4 is 37.8 Å². The molecule has 2 amide bonds. The molecule has 0 bridgehead atoms. The zero-order valence-corrected chi connectivity index (χ0v) is 18.1. The van der Waals surface area contributed by atoms with Crippen molar-refractivity contribution in [3.8, 4) is 0 Å². The fourth-order valence-corrected chi connectivity index (χ4v) is 3.95. The Labute approximate surface area is 177 Å². The SMILES string of the molecule is Cc1ccc(C(=O)NCCNC(=O)CCNS(=O)(=O)c2cccc(Br)c2)cc1F. The predicted octanol–water partition coefficient (Wildman–Crippen LogP) is 2.11. The molecule has 10 heteroatoms. The van der Waals surface area contributed by atoms with Crippen LogP contribution >= 0.6 is 15.9 Å². The zero-order chi connectivity index (χ0) is 21.4. The molecule has 0 atom stereocenters. The number of carbonyl (C=O) groups is 2. The summed E-state index contributed by atoms with van der Waals surface area (Å²) < 4.78 is 40.8. The average Bonchev–Trinajstić information content (AvgIpc) is 2.67. The lowest BCUT2D eigenvalue weighted by molar-refractivity contribution is -0.120. The smallest absolute Gasteiger partial charge is 0.251 e. The van der Waals surface area contributed by atoms with Crippen molar-refractivity contribution in [1.29, 1.82) is 0 Å². The van der Waals surface area contributed by atoms with E-state index in [0.717, 1.165) is 6.07 Å². The van der Waals surface area contributed by atoms with E-state index in [0.29, 0.717) is 10.0 Å². The maximum absolute atomic E-state index is 13.5. The van der Waals surface area contributed by atoms with E-state index in [1.807, 2.05) is 0 Å². The molecular weight excluding hydrogens is 465 g/mol. The van der Waals surface area contributed by atoms with Gasteiger partial charge in [0.05, 0.1) is 4.90 Å². The van der Waals surface area contributed by atoms with Crippen LogP contribution in [-0.2, 0) is 14.8 Å². The van der Waals surface area contributed by atoms with E-state index in [9.17, 15) is 22.4 Å². The minimum Gasteiger partial charge on any atom is -0.354 e. The summed E-state index contributed by atoms with van der Waals surface area (Å²) in [5, 5.41) is 5.15. The van der Waals surface area contributed by atoms with E-state index in [-0.39, 0.29) is 42.4 Å². The average molecular weight is 486 g/mol. The van der Waals surface area contributed by atoms with Crippen LogP contribution in [0.25, 0.3) is 0 Å². The summed E-state index contributed by atoms with van der Waals surface area (Å²) in [7, 11) is -3.70. The third kappa shape index (κ3) is 7.22. The first kappa shape index (κ1) is 23.0. The summed E-state index contributed by atoms with van der Waals surface area (Å²) in [6.45, 7) is 1.86. The highest BCUT2D eigenvalue weighted by atomic mass is 79.9. The molecule has 0 saturated carbocycles. The number of sulfonamides is 1. The van der Waals surface area contributed by atoms with Crippen LogP contribution in [0.1, 0.15) is 22.3 Å². The molecule has 0 fully saturated rings. The van der Waals surface area contributed by atoms with E-state index >= 15 is 0 Å². The summed E-state index contributed by atoms with van der Waals surface area (Å²) in [6.07, 6.45) is -0.0512. The largest absolute Gasteiger partial charge is 0.354 e. The fraction of sp³-hybridized carbons (Fsp3) is 0.263. The molecule has 0 heterocycles. The van der Waals surface area contributed by atoms with Gasteiger partial charge in [-0.2, -0.15) is 0 Å². The fourth-order valence-electron chi connectivity index (χ4n) is 2.32. The molecule has 29 heavy (non-hydrogen) atoms. The summed E-state index contributed by atoms with van der Waals surface area (Å²) in [5.74, 6) is -1.27. The van der Waals surface area contributed by atoms with Crippen molar-refractivity contribution in [2.24, 2.45) is 0 Å². The number of hydrogen-bond donors (Lipinski definition) is 3.